The molecule has 3 aromatic rings. The van der Waals surface area contributed by atoms with Gasteiger partial charge in [0.05, 0.1) is 21.6 Å². The second kappa shape index (κ2) is 18.0. The zero-order valence-corrected chi connectivity index (χ0v) is 29.2. The Bertz CT molecular complexity index is 1970. The van der Waals surface area contributed by atoms with Crippen LogP contribution in [-0.4, -0.2) is 72.8 Å². The molecule has 0 bridgehead atoms. The van der Waals surface area contributed by atoms with E-state index in [1.807, 2.05) is 0 Å². The van der Waals surface area contributed by atoms with Gasteiger partial charge in [0, 0.05) is 54.7 Å². The van der Waals surface area contributed by atoms with Gasteiger partial charge < -0.3 is 29.6 Å². The molecular formula is C37H36N4O12. The fourth-order valence-corrected chi connectivity index (χ4v) is 5.46. The number of ether oxygens (including phenoxy) is 4. The first-order valence-electron chi connectivity index (χ1n) is 16.2. The van der Waals surface area contributed by atoms with Gasteiger partial charge in [0.25, 0.3) is 5.69 Å². The van der Waals surface area contributed by atoms with E-state index in [1.54, 1.807) is 6.92 Å². The molecule has 0 aromatic heterocycles. The SMILES string of the molecule is CC(=O)Nc1ccc(C(=O)OCCOC(=O)C2=C(C)N=C(C)C(C(=O)OCCOC(=O)c3ccc(NC(C)=O)cc3)C2c2cccc([N+](=O)[O-])c2)cc1. The molecule has 16 heteroatoms. The highest BCUT2D eigenvalue weighted by molar-refractivity contribution is 6.07. The summed E-state index contributed by atoms with van der Waals surface area (Å²) in [4.78, 5) is 90.1. The van der Waals surface area contributed by atoms with Crippen LogP contribution in [0.5, 0.6) is 0 Å². The number of benzene rings is 3. The molecule has 1 aliphatic rings. The number of hydrogen-bond acceptors (Lipinski definition) is 13. The molecule has 0 aliphatic carbocycles. The summed E-state index contributed by atoms with van der Waals surface area (Å²) in [7, 11) is 0. The normalized spacial score (nSPS) is 15.0. The minimum Gasteiger partial charge on any atom is -0.462 e. The van der Waals surface area contributed by atoms with Crippen LogP contribution in [0.2, 0.25) is 0 Å². The van der Waals surface area contributed by atoms with Gasteiger partial charge in [0.1, 0.15) is 32.3 Å². The van der Waals surface area contributed by atoms with Gasteiger partial charge in [-0.25, -0.2) is 14.4 Å². The molecule has 1 aliphatic heterocycles. The van der Waals surface area contributed by atoms with E-state index < -0.39 is 40.6 Å². The van der Waals surface area contributed by atoms with Gasteiger partial charge in [-0.2, -0.15) is 0 Å². The standard InChI is InChI=1S/C37H36N4O12/c1-21-31(36(46)52-18-16-50-34(44)25-8-12-28(13-9-25)39-23(3)42)33(27-6-5-7-30(20-27)41(48)49)32(22(2)38-21)37(47)53-19-17-51-35(45)26-10-14-29(15-11-26)40-24(4)43/h5-15,20,31,33H,16-19H2,1-4H3,(H,39,42)(H,40,43). The van der Waals surface area contributed by atoms with Crippen LogP contribution in [0.1, 0.15) is 59.9 Å². The number of rotatable bonds is 14. The third kappa shape index (κ3) is 10.6. The number of non-ortho nitro benzene ring substituents is 1. The van der Waals surface area contributed by atoms with Crippen LogP contribution in [-0.2, 0) is 38.1 Å². The third-order valence-electron chi connectivity index (χ3n) is 7.73. The molecule has 0 spiro atoms. The number of carbonyl (C=O) groups excluding carboxylic acids is 6. The number of esters is 4. The Morgan fingerprint density at radius 1 is 0.698 bits per heavy atom. The third-order valence-corrected chi connectivity index (χ3v) is 7.73. The Morgan fingerprint density at radius 2 is 1.17 bits per heavy atom. The number of allylic oxidation sites excluding steroid dienone is 1. The lowest BCUT2D eigenvalue weighted by molar-refractivity contribution is -0.384. The summed E-state index contributed by atoms with van der Waals surface area (Å²) in [5.74, 6) is -6.03. The number of anilines is 2. The van der Waals surface area contributed by atoms with Gasteiger partial charge in [-0.05, 0) is 67.9 Å². The molecule has 53 heavy (non-hydrogen) atoms. The molecule has 2 amide bonds. The lowest BCUT2D eigenvalue weighted by Crippen LogP contribution is -2.37. The van der Waals surface area contributed by atoms with Crippen LogP contribution >= 0.6 is 0 Å². The van der Waals surface area contributed by atoms with Crippen molar-refractivity contribution in [3.8, 4) is 0 Å². The monoisotopic (exact) mass is 728 g/mol. The van der Waals surface area contributed by atoms with E-state index in [2.05, 4.69) is 15.6 Å². The first-order valence-corrected chi connectivity index (χ1v) is 16.2. The van der Waals surface area contributed by atoms with Crippen molar-refractivity contribution in [2.45, 2.75) is 33.6 Å². The van der Waals surface area contributed by atoms with Crippen LogP contribution in [0.25, 0.3) is 0 Å². The average molecular weight is 729 g/mol. The maximum absolute atomic E-state index is 13.6. The van der Waals surface area contributed by atoms with E-state index in [4.69, 9.17) is 18.9 Å². The van der Waals surface area contributed by atoms with Gasteiger partial charge in [-0.1, -0.05) is 12.1 Å². The summed E-state index contributed by atoms with van der Waals surface area (Å²) in [5, 5.41) is 16.8. The largest absolute Gasteiger partial charge is 0.462 e. The number of nitrogens with one attached hydrogen (secondary N) is 2. The summed E-state index contributed by atoms with van der Waals surface area (Å²) in [6.07, 6.45) is 0. The van der Waals surface area contributed by atoms with E-state index in [-0.39, 0.29) is 77.6 Å². The summed E-state index contributed by atoms with van der Waals surface area (Å²) >= 11 is 0. The van der Waals surface area contributed by atoms with E-state index in [1.165, 1.54) is 93.6 Å². The van der Waals surface area contributed by atoms with Crippen LogP contribution in [0.4, 0.5) is 17.1 Å². The molecule has 16 nitrogen and oxygen atoms in total. The molecular weight excluding hydrogens is 692 g/mol. The number of amides is 2. The van der Waals surface area contributed by atoms with Gasteiger partial charge >= 0.3 is 23.9 Å². The van der Waals surface area contributed by atoms with E-state index in [0.717, 1.165) is 0 Å². The van der Waals surface area contributed by atoms with Crippen molar-refractivity contribution in [3.63, 3.8) is 0 Å². The number of aliphatic imine (C=N–C) groups is 1. The number of nitro groups is 1. The lowest BCUT2D eigenvalue weighted by atomic mass is 9.75. The Balaban J connectivity index is 1.43. The number of nitrogens with zero attached hydrogens (tertiary/aromatic N) is 2. The molecule has 4 rings (SSSR count). The highest BCUT2D eigenvalue weighted by Crippen LogP contribution is 2.41. The number of carbonyl (C=O) groups is 6. The van der Waals surface area contributed by atoms with Crippen molar-refractivity contribution in [2.24, 2.45) is 10.9 Å². The van der Waals surface area contributed by atoms with Crippen molar-refractivity contribution in [1.29, 1.82) is 0 Å². The predicted octanol–water partition coefficient (Wildman–Crippen LogP) is 4.76. The first kappa shape index (κ1) is 39.1. The summed E-state index contributed by atoms with van der Waals surface area (Å²) < 4.78 is 21.3. The van der Waals surface area contributed by atoms with Crippen LogP contribution in [0.15, 0.2) is 89.1 Å². The molecule has 0 saturated heterocycles. The molecule has 0 saturated carbocycles. The predicted molar refractivity (Wildman–Crippen MR) is 189 cm³/mol. The highest BCUT2D eigenvalue weighted by Gasteiger charge is 2.43. The molecule has 3 aromatic carbocycles. The Kier molecular flexibility index (Phi) is 13.3. The van der Waals surface area contributed by atoms with Crippen LogP contribution in [0.3, 0.4) is 0 Å². The minimum absolute atomic E-state index is 0.0629. The number of hydrogen-bond donors (Lipinski definition) is 2. The molecule has 0 fully saturated rings. The quantitative estimate of drug-likeness (QED) is 0.0755. The highest BCUT2D eigenvalue weighted by atomic mass is 16.6. The molecule has 276 valence electrons. The van der Waals surface area contributed by atoms with Gasteiger partial charge in [-0.15, -0.1) is 0 Å². The minimum atomic E-state index is -1.22. The Hall–Kier alpha value is -6.71. The summed E-state index contributed by atoms with van der Waals surface area (Å²) in [5.41, 5.74) is 1.72. The Labute approximate surface area is 303 Å². The lowest BCUT2D eigenvalue weighted by Gasteiger charge is -2.31. The molecule has 2 N–H and O–H groups in total. The molecule has 2 atom stereocenters. The first-order chi connectivity index (χ1) is 25.2. The van der Waals surface area contributed by atoms with Crippen molar-refractivity contribution >= 4 is 58.5 Å². The van der Waals surface area contributed by atoms with E-state index in [0.29, 0.717) is 11.4 Å². The van der Waals surface area contributed by atoms with E-state index in [9.17, 15) is 38.9 Å². The van der Waals surface area contributed by atoms with Crippen molar-refractivity contribution in [2.75, 3.05) is 37.1 Å². The van der Waals surface area contributed by atoms with Gasteiger partial charge in [0.15, 0.2) is 0 Å². The molecule has 1 heterocycles. The molecule has 2 unspecified atom stereocenters. The zero-order chi connectivity index (χ0) is 38.7. The van der Waals surface area contributed by atoms with E-state index >= 15 is 0 Å². The second-order valence-electron chi connectivity index (χ2n) is 11.7. The summed E-state index contributed by atoms with van der Waals surface area (Å²) in [6, 6.07) is 17.4. The van der Waals surface area contributed by atoms with Crippen LogP contribution in [0, 0.1) is 16.0 Å². The maximum Gasteiger partial charge on any atom is 0.338 e. The smallest absolute Gasteiger partial charge is 0.338 e. The van der Waals surface area contributed by atoms with Crippen molar-refractivity contribution in [3.05, 3.63) is 111 Å². The fourth-order valence-electron chi connectivity index (χ4n) is 5.46. The Morgan fingerprint density at radius 3 is 1.64 bits per heavy atom. The average Bonchev–Trinajstić information content (AvgIpc) is 3.11. The summed E-state index contributed by atoms with van der Waals surface area (Å²) in [6.45, 7) is 4.41. The molecule has 0 radical (unpaired) electrons. The van der Waals surface area contributed by atoms with Crippen molar-refractivity contribution in [1.82, 2.24) is 0 Å². The van der Waals surface area contributed by atoms with Crippen molar-refractivity contribution < 1.29 is 52.6 Å². The van der Waals surface area contributed by atoms with Gasteiger partial charge in [0.2, 0.25) is 11.8 Å². The van der Waals surface area contributed by atoms with Crippen LogP contribution < -0.4 is 10.6 Å². The van der Waals surface area contributed by atoms with Gasteiger partial charge in [-0.3, -0.25) is 29.5 Å². The topological polar surface area (TPSA) is 219 Å². The maximum atomic E-state index is 13.6. The number of nitro benzene ring substituents is 1. The zero-order valence-electron chi connectivity index (χ0n) is 29.2. The second-order valence-corrected chi connectivity index (χ2v) is 11.7. The fraction of sp³-hybridized carbons (Fsp3) is 0.270.